The van der Waals surface area contributed by atoms with Crippen molar-refractivity contribution in [2.75, 3.05) is 20.3 Å². The predicted octanol–water partition coefficient (Wildman–Crippen LogP) is -0.750. The Hall–Kier alpha value is -1.14. The molecule has 0 aliphatic carbocycles. The van der Waals surface area contributed by atoms with Crippen molar-refractivity contribution in [3.63, 3.8) is 0 Å². The molecule has 0 radical (unpaired) electrons. The summed E-state index contributed by atoms with van der Waals surface area (Å²) >= 11 is 0. The highest BCUT2D eigenvalue weighted by Gasteiger charge is 2.68. The van der Waals surface area contributed by atoms with E-state index in [4.69, 9.17) is 5.11 Å². The molecular weight excluding hydrogens is 178 g/mol. The fourth-order valence-electron chi connectivity index (χ4n) is 1.07. The Labute approximate surface area is 75.0 Å². The fourth-order valence-corrected chi connectivity index (χ4v) is 1.07. The van der Waals surface area contributed by atoms with Crippen LogP contribution < -0.4 is 0 Å². The van der Waals surface area contributed by atoms with Crippen molar-refractivity contribution in [1.29, 1.82) is 0 Å². The van der Waals surface area contributed by atoms with Crippen LogP contribution in [0.25, 0.3) is 0 Å². The topological polar surface area (TPSA) is 75.8 Å². The average Bonchev–Trinajstić information content (AvgIpc) is 2.79. The zero-order valence-electron chi connectivity index (χ0n) is 7.44. The summed E-state index contributed by atoms with van der Waals surface area (Å²) in [5.41, 5.74) is -1.61. The second-order valence-electron chi connectivity index (χ2n) is 2.61. The number of aliphatic carboxylic acids is 1. The molecular formula is C7H11NO5. The molecule has 0 amide bonds. The van der Waals surface area contributed by atoms with E-state index in [-0.39, 0.29) is 13.2 Å². The molecule has 6 heteroatoms. The Morgan fingerprint density at radius 3 is 2.54 bits per heavy atom. The highest BCUT2D eigenvalue weighted by molar-refractivity contribution is 6.07. The van der Waals surface area contributed by atoms with E-state index in [0.717, 1.165) is 5.06 Å². The maximum absolute atomic E-state index is 11.2. The lowest BCUT2D eigenvalue weighted by molar-refractivity contribution is -0.167. The van der Waals surface area contributed by atoms with E-state index in [1.54, 1.807) is 6.92 Å². The summed E-state index contributed by atoms with van der Waals surface area (Å²) in [6.07, 6.45) is 0. The molecule has 0 aromatic heterocycles. The van der Waals surface area contributed by atoms with Gasteiger partial charge in [-0.3, -0.25) is 0 Å². The lowest BCUT2D eigenvalue weighted by Gasteiger charge is -2.09. The van der Waals surface area contributed by atoms with Gasteiger partial charge in [-0.2, -0.15) is 5.06 Å². The smallest absolute Gasteiger partial charge is 0.342 e. The van der Waals surface area contributed by atoms with Crippen molar-refractivity contribution >= 4 is 11.9 Å². The number of hydrogen-bond acceptors (Lipinski definition) is 5. The monoisotopic (exact) mass is 189 g/mol. The third-order valence-electron chi connectivity index (χ3n) is 1.88. The minimum absolute atomic E-state index is 0.0394. The van der Waals surface area contributed by atoms with Gasteiger partial charge in [-0.25, -0.2) is 9.59 Å². The van der Waals surface area contributed by atoms with Crippen LogP contribution in [0.15, 0.2) is 0 Å². The van der Waals surface area contributed by atoms with Gasteiger partial charge in [0.05, 0.1) is 20.3 Å². The number of carbonyl (C=O) groups is 2. The van der Waals surface area contributed by atoms with E-state index in [1.807, 2.05) is 0 Å². The number of nitrogens with zero attached hydrogens (tertiary/aromatic N) is 1. The van der Waals surface area contributed by atoms with Gasteiger partial charge in [-0.1, -0.05) is 0 Å². The third-order valence-corrected chi connectivity index (χ3v) is 1.88. The van der Waals surface area contributed by atoms with Crippen molar-refractivity contribution in [3.8, 4) is 0 Å². The largest absolute Gasteiger partial charge is 0.479 e. The van der Waals surface area contributed by atoms with Gasteiger partial charge in [0.25, 0.3) is 5.54 Å². The molecule has 1 fully saturated rings. The van der Waals surface area contributed by atoms with Crippen LogP contribution in [-0.2, 0) is 19.2 Å². The normalized spacial score (nSPS) is 31.1. The van der Waals surface area contributed by atoms with Crippen LogP contribution in [0, 0.1) is 0 Å². The molecule has 1 rings (SSSR count). The first-order valence-corrected chi connectivity index (χ1v) is 3.82. The van der Waals surface area contributed by atoms with Crippen LogP contribution >= 0.6 is 0 Å². The summed E-state index contributed by atoms with van der Waals surface area (Å²) in [5.74, 6) is -2.02. The molecule has 13 heavy (non-hydrogen) atoms. The summed E-state index contributed by atoms with van der Waals surface area (Å²) in [4.78, 5) is 26.6. The Balaban J connectivity index is 2.72. The van der Waals surface area contributed by atoms with Crippen LogP contribution in [0.5, 0.6) is 0 Å². The minimum Gasteiger partial charge on any atom is -0.479 e. The molecule has 74 valence electrons. The van der Waals surface area contributed by atoms with Gasteiger partial charge < -0.3 is 14.7 Å². The summed E-state index contributed by atoms with van der Waals surface area (Å²) in [6, 6.07) is 0. The van der Waals surface area contributed by atoms with Crippen LogP contribution in [0.4, 0.5) is 0 Å². The highest BCUT2D eigenvalue weighted by atomic mass is 16.7. The summed E-state index contributed by atoms with van der Waals surface area (Å²) < 4.78 is 4.62. The third kappa shape index (κ3) is 1.38. The Kier molecular flexibility index (Phi) is 2.53. The number of rotatable bonds is 4. The molecule has 0 saturated carbocycles. The number of esters is 1. The molecule has 1 aliphatic rings. The first-order chi connectivity index (χ1) is 6.09. The molecule has 0 spiro atoms. The molecule has 2 unspecified atom stereocenters. The molecule has 1 saturated heterocycles. The number of hydrogen-bond donors (Lipinski definition) is 1. The van der Waals surface area contributed by atoms with Crippen LogP contribution in [0.2, 0.25) is 0 Å². The van der Waals surface area contributed by atoms with Crippen molar-refractivity contribution in [3.05, 3.63) is 0 Å². The molecule has 0 aromatic rings. The molecule has 0 bridgehead atoms. The highest BCUT2D eigenvalue weighted by Crippen LogP contribution is 2.33. The number of carbonyl (C=O) groups excluding carboxylic acids is 1. The SMILES string of the molecule is CCOC(=O)C1(C(=O)O)CN1OC. The number of hydroxylamine groups is 2. The summed E-state index contributed by atoms with van der Waals surface area (Å²) in [6.45, 7) is 1.82. The van der Waals surface area contributed by atoms with Gasteiger partial charge in [0.1, 0.15) is 0 Å². The maximum atomic E-state index is 11.2. The molecule has 1 heterocycles. The van der Waals surface area contributed by atoms with E-state index in [2.05, 4.69) is 9.57 Å². The second-order valence-corrected chi connectivity index (χ2v) is 2.61. The molecule has 2 atom stereocenters. The van der Waals surface area contributed by atoms with Crippen molar-refractivity contribution in [2.45, 2.75) is 12.5 Å². The Morgan fingerprint density at radius 2 is 2.23 bits per heavy atom. The lowest BCUT2D eigenvalue weighted by atomic mass is 10.2. The summed E-state index contributed by atoms with van der Waals surface area (Å²) in [5, 5.41) is 9.84. The quantitative estimate of drug-likeness (QED) is 0.356. The first kappa shape index (κ1) is 9.94. The Bertz CT molecular complexity index is 241. The average molecular weight is 189 g/mol. The molecule has 1 N–H and O–H groups in total. The Morgan fingerprint density at radius 1 is 1.62 bits per heavy atom. The van der Waals surface area contributed by atoms with Crippen LogP contribution in [0.3, 0.4) is 0 Å². The zero-order valence-corrected chi connectivity index (χ0v) is 7.44. The van der Waals surface area contributed by atoms with Crippen LogP contribution in [0.1, 0.15) is 6.92 Å². The van der Waals surface area contributed by atoms with Gasteiger partial charge in [0.15, 0.2) is 0 Å². The number of carboxylic acids is 1. The minimum atomic E-state index is -1.61. The van der Waals surface area contributed by atoms with E-state index in [1.165, 1.54) is 7.11 Å². The molecule has 6 nitrogen and oxygen atoms in total. The standard InChI is InChI=1S/C7H11NO5/c1-3-13-6(11)7(5(9)10)4-8(7)12-2/h3-4H2,1-2H3,(H,9,10). The zero-order chi connectivity index (χ0) is 10.1. The van der Waals surface area contributed by atoms with Gasteiger partial charge in [-0.05, 0) is 6.92 Å². The van der Waals surface area contributed by atoms with Gasteiger partial charge >= 0.3 is 11.9 Å². The van der Waals surface area contributed by atoms with E-state index in [0.29, 0.717) is 0 Å². The first-order valence-electron chi connectivity index (χ1n) is 3.82. The summed E-state index contributed by atoms with van der Waals surface area (Å²) in [7, 11) is 1.31. The van der Waals surface area contributed by atoms with E-state index < -0.39 is 17.5 Å². The van der Waals surface area contributed by atoms with Crippen molar-refractivity contribution < 1.29 is 24.3 Å². The fraction of sp³-hybridized carbons (Fsp3) is 0.714. The van der Waals surface area contributed by atoms with E-state index in [9.17, 15) is 9.59 Å². The number of ether oxygens (including phenoxy) is 1. The number of carboxylic acid groups (broad SMARTS) is 1. The predicted molar refractivity (Wildman–Crippen MR) is 40.7 cm³/mol. The molecule has 1 aliphatic heterocycles. The van der Waals surface area contributed by atoms with E-state index >= 15 is 0 Å². The lowest BCUT2D eigenvalue weighted by Crippen LogP contribution is -2.39. The van der Waals surface area contributed by atoms with Crippen molar-refractivity contribution in [1.82, 2.24) is 5.06 Å². The van der Waals surface area contributed by atoms with Gasteiger partial charge in [0, 0.05) is 0 Å². The molecule has 0 aromatic carbocycles. The van der Waals surface area contributed by atoms with Crippen molar-refractivity contribution in [2.24, 2.45) is 0 Å². The second kappa shape index (κ2) is 3.31. The van der Waals surface area contributed by atoms with Gasteiger partial charge in [-0.15, -0.1) is 0 Å². The van der Waals surface area contributed by atoms with Crippen LogP contribution in [-0.4, -0.2) is 47.9 Å². The maximum Gasteiger partial charge on any atom is 0.342 e. The van der Waals surface area contributed by atoms with Gasteiger partial charge in [0.2, 0.25) is 0 Å².